The molecule has 0 unspecified atom stereocenters. The van der Waals surface area contributed by atoms with Crippen molar-refractivity contribution in [3.63, 3.8) is 0 Å². The topological polar surface area (TPSA) is 98.7 Å². The average Bonchev–Trinajstić information content (AvgIpc) is 3.18. The number of nitrogens with two attached hydrogens (primary N) is 1. The van der Waals surface area contributed by atoms with Crippen molar-refractivity contribution in [2.24, 2.45) is 5.73 Å². The maximum atomic E-state index is 6.02. The van der Waals surface area contributed by atoms with E-state index in [2.05, 4.69) is 20.7 Å². The molecule has 0 aliphatic heterocycles. The Labute approximate surface area is 164 Å². The summed E-state index contributed by atoms with van der Waals surface area (Å²) in [4.78, 5) is 4.43. The van der Waals surface area contributed by atoms with Gasteiger partial charge in [0.1, 0.15) is 17.3 Å². The van der Waals surface area contributed by atoms with E-state index in [4.69, 9.17) is 15.2 Å². The van der Waals surface area contributed by atoms with Crippen LogP contribution in [0.1, 0.15) is 25.7 Å². The maximum Gasteiger partial charge on any atom is 0.177 e. The van der Waals surface area contributed by atoms with Crippen molar-refractivity contribution >= 4 is 22.8 Å². The first kappa shape index (κ1) is 18.4. The van der Waals surface area contributed by atoms with Gasteiger partial charge in [0, 0.05) is 54.4 Å². The fourth-order valence-electron chi connectivity index (χ4n) is 3.59. The summed E-state index contributed by atoms with van der Waals surface area (Å²) in [6, 6.07) is 8.36. The van der Waals surface area contributed by atoms with Gasteiger partial charge < -0.3 is 25.8 Å². The standard InChI is InChI=1S/C20H26N6O2/c1-27-16-9-15(10-17(11-16)28-2)23-18-12-19(25-26-8-7-22-20(18)26)24-14-5-3-13(21)4-6-14/h7-14,23H,3-6,21H2,1-2H3,(H,24,25)/t13-,14-. The highest BCUT2D eigenvalue weighted by Gasteiger charge is 2.19. The largest absolute Gasteiger partial charge is 0.497 e. The minimum atomic E-state index is 0.322. The van der Waals surface area contributed by atoms with E-state index in [1.165, 1.54) is 0 Å². The van der Waals surface area contributed by atoms with E-state index in [1.807, 2.05) is 30.5 Å². The third-order valence-corrected chi connectivity index (χ3v) is 5.11. The Morgan fingerprint density at radius 1 is 1.04 bits per heavy atom. The molecule has 1 aliphatic rings. The van der Waals surface area contributed by atoms with Crippen molar-refractivity contribution < 1.29 is 9.47 Å². The van der Waals surface area contributed by atoms with Gasteiger partial charge >= 0.3 is 0 Å². The quantitative estimate of drug-likeness (QED) is 0.602. The molecule has 3 aromatic rings. The second-order valence-corrected chi connectivity index (χ2v) is 7.12. The minimum Gasteiger partial charge on any atom is -0.497 e. The number of hydrogen-bond donors (Lipinski definition) is 3. The zero-order chi connectivity index (χ0) is 19.5. The minimum absolute atomic E-state index is 0.322. The first-order chi connectivity index (χ1) is 13.6. The molecule has 8 heteroatoms. The van der Waals surface area contributed by atoms with E-state index >= 15 is 0 Å². The number of rotatable bonds is 6. The molecule has 0 amide bonds. The number of aromatic nitrogens is 3. The molecule has 0 atom stereocenters. The third-order valence-electron chi connectivity index (χ3n) is 5.11. The van der Waals surface area contributed by atoms with E-state index in [0.29, 0.717) is 23.6 Å². The molecule has 0 bridgehead atoms. The summed E-state index contributed by atoms with van der Waals surface area (Å²) in [5.41, 5.74) is 8.47. The summed E-state index contributed by atoms with van der Waals surface area (Å²) in [5, 5.41) is 11.6. The second kappa shape index (κ2) is 7.93. The van der Waals surface area contributed by atoms with Crippen LogP contribution in [0.3, 0.4) is 0 Å². The van der Waals surface area contributed by atoms with Crippen molar-refractivity contribution in [2.75, 3.05) is 24.9 Å². The normalized spacial score (nSPS) is 19.4. The number of anilines is 3. The molecule has 0 spiro atoms. The van der Waals surface area contributed by atoms with Crippen LogP contribution in [0.5, 0.6) is 11.5 Å². The number of ether oxygens (including phenoxy) is 2. The highest BCUT2D eigenvalue weighted by atomic mass is 16.5. The van der Waals surface area contributed by atoms with Crippen molar-refractivity contribution in [2.45, 2.75) is 37.8 Å². The lowest BCUT2D eigenvalue weighted by Crippen LogP contribution is -2.33. The fraction of sp³-hybridized carbons (Fsp3) is 0.400. The molecule has 1 fully saturated rings. The third kappa shape index (κ3) is 3.96. The van der Waals surface area contributed by atoms with Crippen LogP contribution in [-0.4, -0.2) is 40.9 Å². The van der Waals surface area contributed by atoms with Crippen LogP contribution in [0.25, 0.3) is 5.65 Å². The van der Waals surface area contributed by atoms with E-state index in [-0.39, 0.29) is 0 Å². The van der Waals surface area contributed by atoms with Gasteiger partial charge in [0.15, 0.2) is 5.65 Å². The molecule has 1 aromatic carbocycles. The van der Waals surface area contributed by atoms with E-state index in [0.717, 1.165) is 48.5 Å². The number of nitrogens with one attached hydrogen (secondary N) is 2. The number of nitrogens with zero attached hydrogens (tertiary/aromatic N) is 3. The zero-order valence-corrected chi connectivity index (χ0v) is 16.2. The zero-order valence-electron chi connectivity index (χ0n) is 16.2. The lowest BCUT2D eigenvalue weighted by atomic mass is 9.92. The molecule has 1 aliphatic carbocycles. The monoisotopic (exact) mass is 382 g/mol. The highest BCUT2D eigenvalue weighted by Crippen LogP contribution is 2.30. The lowest BCUT2D eigenvalue weighted by molar-refractivity contribution is 0.395. The first-order valence-electron chi connectivity index (χ1n) is 9.51. The molecule has 0 saturated heterocycles. The van der Waals surface area contributed by atoms with Crippen molar-refractivity contribution in [1.82, 2.24) is 14.6 Å². The summed E-state index contributed by atoms with van der Waals surface area (Å²) in [6.45, 7) is 0. The van der Waals surface area contributed by atoms with E-state index in [1.54, 1.807) is 24.9 Å². The predicted octanol–water partition coefficient (Wildman–Crippen LogP) is 3.17. The van der Waals surface area contributed by atoms with Crippen LogP contribution < -0.4 is 25.8 Å². The summed E-state index contributed by atoms with van der Waals surface area (Å²) in [6.07, 6.45) is 7.78. The van der Waals surface area contributed by atoms with Gasteiger partial charge in [0.25, 0.3) is 0 Å². The van der Waals surface area contributed by atoms with E-state index < -0.39 is 0 Å². The Balaban J connectivity index is 1.62. The predicted molar refractivity (Wildman–Crippen MR) is 110 cm³/mol. The Morgan fingerprint density at radius 3 is 2.43 bits per heavy atom. The Hall–Kier alpha value is -3.00. The molecule has 4 N–H and O–H groups in total. The molecular weight excluding hydrogens is 356 g/mol. The maximum absolute atomic E-state index is 6.02. The molecule has 0 radical (unpaired) electrons. The van der Waals surface area contributed by atoms with Crippen LogP contribution in [0.4, 0.5) is 17.2 Å². The second-order valence-electron chi connectivity index (χ2n) is 7.12. The van der Waals surface area contributed by atoms with Crippen LogP contribution in [-0.2, 0) is 0 Å². The number of hydrogen-bond acceptors (Lipinski definition) is 7. The van der Waals surface area contributed by atoms with Gasteiger partial charge in [0.05, 0.1) is 19.9 Å². The average molecular weight is 382 g/mol. The van der Waals surface area contributed by atoms with Crippen molar-refractivity contribution in [3.05, 3.63) is 36.7 Å². The van der Waals surface area contributed by atoms with Gasteiger partial charge in [-0.3, -0.25) is 0 Å². The summed E-state index contributed by atoms with van der Waals surface area (Å²) >= 11 is 0. The summed E-state index contributed by atoms with van der Waals surface area (Å²) in [7, 11) is 3.27. The van der Waals surface area contributed by atoms with Crippen molar-refractivity contribution in [1.29, 1.82) is 0 Å². The van der Waals surface area contributed by atoms with Gasteiger partial charge in [0.2, 0.25) is 0 Å². The molecule has 1 saturated carbocycles. The molecule has 8 nitrogen and oxygen atoms in total. The lowest BCUT2D eigenvalue weighted by Gasteiger charge is -2.27. The van der Waals surface area contributed by atoms with Crippen molar-refractivity contribution in [3.8, 4) is 11.5 Å². The Morgan fingerprint density at radius 2 is 1.75 bits per heavy atom. The van der Waals surface area contributed by atoms with Gasteiger partial charge in [-0.1, -0.05) is 0 Å². The van der Waals surface area contributed by atoms with Gasteiger partial charge in [-0.25, -0.2) is 9.50 Å². The number of methoxy groups -OCH3 is 2. The number of benzene rings is 1. The molecule has 28 heavy (non-hydrogen) atoms. The van der Waals surface area contributed by atoms with Crippen LogP contribution in [0, 0.1) is 0 Å². The summed E-state index contributed by atoms with van der Waals surface area (Å²) < 4.78 is 12.5. The molecular formula is C20H26N6O2. The van der Waals surface area contributed by atoms with Crippen LogP contribution in [0.2, 0.25) is 0 Å². The summed E-state index contributed by atoms with van der Waals surface area (Å²) in [5.74, 6) is 2.24. The molecule has 2 heterocycles. The number of fused-ring (bicyclic) bond motifs is 1. The molecule has 2 aromatic heterocycles. The Kier molecular flexibility index (Phi) is 5.21. The Bertz CT molecular complexity index is 927. The van der Waals surface area contributed by atoms with Crippen LogP contribution in [0.15, 0.2) is 36.7 Å². The molecule has 148 valence electrons. The first-order valence-corrected chi connectivity index (χ1v) is 9.51. The van der Waals surface area contributed by atoms with Crippen LogP contribution >= 0.6 is 0 Å². The van der Waals surface area contributed by atoms with Gasteiger partial charge in [-0.2, -0.15) is 0 Å². The fourth-order valence-corrected chi connectivity index (χ4v) is 3.59. The van der Waals surface area contributed by atoms with E-state index in [9.17, 15) is 0 Å². The van der Waals surface area contributed by atoms with Gasteiger partial charge in [-0.15, -0.1) is 5.10 Å². The molecule has 4 rings (SSSR count). The smallest absolute Gasteiger partial charge is 0.177 e. The SMILES string of the molecule is COc1cc(Nc2cc(N[C@H]3CC[C@H](N)CC3)nn3ccnc23)cc(OC)c1. The highest BCUT2D eigenvalue weighted by molar-refractivity contribution is 5.76. The number of imidazole rings is 1. The van der Waals surface area contributed by atoms with Gasteiger partial charge in [-0.05, 0) is 25.7 Å².